The molecule has 166 valence electrons. The second-order valence-electron chi connectivity index (χ2n) is 7.74. The van der Waals surface area contributed by atoms with Crippen molar-refractivity contribution in [1.29, 1.82) is 0 Å². The molecule has 0 fully saturated rings. The molecule has 0 saturated heterocycles. The second-order valence-corrected chi connectivity index (χ2v) is 8.69. The van der Waals surface area contributed by atoms with E-state index in [0.29, 0.717) is 22.0 Å². The van der Waals surface area contributed by atoms with Crippen LogP contribution in [0.25, 0.3) is 22.1 Å². The smallest absolute Gasteiger partial charge is 0.298 e. The molecule has 0 aliphatic rings. The number of thioether (sulfide) groups is 1. The topological polar surface area (TPSA) is 90.3 Å². The number of aryl methyl sites for hydroxylation is 2. The lowest BCUT2D eigenvalue weighted by Crippen LogP contribution is -2.24. The Morgan fingerprint density at radius 3 is 2.61 bits per heavy atom. The Hall–Kier alpha value is -3.78. The molecule has 0 aliphatic heterocycles. The van der Waals surface area contributed by atoms with Crippen molar-refractivity contribution in [2.75, 3.05) is 11.1 Å². The summed E-state index contributed by atoms with van der Waals surface area (Å²) in [6.45, 7) is 4.10. The highest BCUT2D eigenvalue weighted by molar-refractivity contribution is 7.99. The number of nitrogens with zero attached hydrogens (tertiary/aromatic N) is 2. The Labute approximate surface area is 193 Å². The number of rotatable bonds is 6. The number of amides is 1. The Morgan fingerprint density at radius 2 is 1.85 bits per heavy atom. The minimum Gasteiger partial charge on any atom is -0.467 e. The third-order valence-corrected chi connectivity index (χ3v) is 6.40. The predicted octanol–water partition coefficient (Wildman–Crippen LogP) is 5.13. The molecular weight excluding hydrogens is 438 g/mol. The van der Waals surface area contributed by atoms with E-state index in [1.807, 2.05) is 50.2 Å². The molecule has 0 bridgehead atoms. The van der Waals surface area contributed by atoms with Gasteiger partial charge in [0.25, 0.3) is 5.56 Å². The number of furan rings is 2. The third-order valence-electron chi connectivity index (χ3n) is 5.42. The van der Waals surface area contributed by atoms with Crippen LogP contribution in [0.5, 0.6) is 0 Å². The van der Waals surface area contributed by atoms with Crippen molar-refractivity contribution in [2.45, 2.75) is 25.5 Å². The van der Waals surface area contributed by atoms with E-state index < -0.39 is 0 Å². The van der Waals surface area contributed by atoms with Gasteiger partial charge in [-0.3, -0.25) is 14.2 Å². The first-order valence-electron chi connectivity index (χ1n) is 10.4. The summed E-state index contributed by atoms with van der Waals surface area (Å²) in [5.41, 5.74) is 3.75. The molecule has 33 heavy (non-hydrogen) atoms. The maximum absolute atomic E-state index is 13.3. The average molecular weight is 460 g/mol. The van der Waals surface area contributed by atoms with Crippen LogP contribution < -0.4 is 10.9 Å². The minimum atomic E-state index is -0.315. The first-order chi connectivity index (χ1) is 16.0. The molecule has 1 amide bonds. The Morgan fingerprint density at radius 1 is 1.06 bits per heavy atom. The van der Waals surface area contributed by atoms with Crippen molar-refractivity contribution in [2.24, 2.45) is 0 Å². The maximum atomic E-state index is 13.3. The molecular formula is C25H21N3O4S. The molecule has 2 aromatic carbocycles. The van der Waals surface area contributed by atoms with Crippen LogP contribution in [0, 0.1) is 13.8 Å². The van der Waals surface area contributed by atoms with E-state index in [9.17, 15) is 9.59 Å². The summed E-state index contributed by atoms with van der Waals surface area (Å²) in [4.78, 5) is 30.8. The lowest BCUT2D eigenvalue weighted by molar-refractivity contribution is -0.113. The van der Waals surface area contributed by atoms with E-state index >= 15 is 0 Å². The van der Waals surface area contributed by atoms with Crippen LogP contribution >= 0.6 is 11.8 Å². The minimum absolute atomic E-state index is 0.0969. The first kappa shape index (κ1) is 21.1. The Kier molecular flexibility index (Phi) is 5.51. The van der Waals surface area contributed by atoms with Gasteiger partial charge in [-0.25, -0.2) is 4.98 Å². The van der Waals surface area contributed by atoms with Crippen molar-refractivity contribution in [3.05, 3.63) is 88.1 Å². The van der Waals surface area contributed by atoms with Gasteiger partial charge in [-0.1, -0.05) is 42.1 Å². The number of fused-ring (bicyclic) bond motifs is 3. The van der Waals surface area contributed by atoms with Crippen LogP contribution in [0.15, 0.2) is 79.6 Å². The summed E-state index contributed by atoms with van der Waals surface area (Å²) in [5.74, 6) is 0.532. The number of para-hydroxylation sites is 2. The zero-order valence-electron chi connectivity index (χ0n) is 18.1. The number of carbonyl (C=O) groups is 1. The molecule has 5 aromatic rings. The molecule has 0 atom stereocenters. The van der Waals surface area contributed by atoms with E-state index in [1.54, 1.807) is 24.5 Å². The molecule has 0 saturated carbocycles. The molecule has 3 heterocycles. The van der Waals surface area contributed by atoms with Crippen molar-refractivity contribution in [3.8, 4) is 0 Å². The molecule has 8 heteroatoms. The van der Waals surface area contributed by atoms with E-state index in [2.05, 4.69) is 5.32 Å². The molecule has 5 rings (SSSR count). The van der Waals surface area contributed by atoms with Crippen LogP contribution in [0.2, 0.25) is 0 Å². The largest absolute Gasteiger partial charge is 0.467 e. The molecule has 0 unspecified atom stereocenters. The number of benzene rings is 2. The fraction of sp³-hybridized carbons (Fsp3) is 0.160. The van der Waals surface area contributed by atoms with E-state index in [-0.39, 0.29) is 29.3 Å². The lowest BCUT2D eigenvalue weighted by Gasteiger charge is -2.13. The number of nitrogens with one attached hydrogen (secondary N) is 1. The zero-order chi connectivity index (χ0) is 22.9. The zero-order valence-corrected chi connectivity index (χ0v) is 18.9. The van der Waals surface area contributed by atoms with Gasteiger partial charge in [-0.2, -0.15) is 0 Å². The highest BCUT2D eigenvalue weighted by Crippen LogP contribution is 2.28. The van der Waals surface area contributed by atoms with Crippen molar-refractivity contribution < 1.29 is 13.6 Å². The summed E-state index contributed by atoms with van der Waals surface area (Å²) < 4.78 is 12.7. The van der Waals surface area contributed by atoms with E-state index in [0.717, 1.165) is 22.2 Å². The fourth-order valence-corrected chi connectivity index (χ4v) is 4.57. The van der Waals surface area contributed by atoms with Crippen LogP contribution in [-0.2, 0) is 11.3 Å². The quantitative estimate of drug-likeness (QED) is 0.280. The van der Waals surface area contributed by atoms with Gasteiger partial charge >= 0.3 is 0 Å². The van der Waals surface area contributed by atoms with Crippen molar-refractivity contribution >= 4 is 45.4 Å². The summed E-state index contributed by atoms with van der Waals surface area (Å²) in [6, 6.07) is 16.8. The maximum Gasteiger partial charge on any atom is 0.298 e. The predicted molar refractivity (Wildman–Crippen MR) is 129 cm³/mol. The summed E-state index contributed by atoms with van der Waals surface area (Å²) in [7, 11) is 0. The molecule has 0 aliphatic carbocycles. The lowest BCUT2D eigenvalue weighted by atomic mass is 10.1. The van der Waals surface area contributed by atoms with Crippen molar-refractivity contribution in [1.82, 2.24) is 9.55 Å². The number of anilines is 1. The van der Waals surface area contributed by atoms with E-state index in [4.69, 9.17) is 13.8 Å². The van der Waals surface area contributed by atoms with Gasteiger partial charge in [0, 0.05) is 11.1 Å². The monoisotopic (exact) mass is 459 g/mol. The van der Waals surface area contributed by atoms with Gasteiger partial charge in [-0.05, 0) is 49.2 Å². The first-order valence-corrected chi connectivity index (χ1v) is 11.4. The van der Waals surface area contributed by atoms with Crippen LogP contribution in [0.1, 0.15) is 16.9 Å². The standard InChI is InChI=1S/C25H21N3O4S/c1-15-7-5-8-16(2)21(15)26-20(29)14-33-25-27-22-18-10-3-4-11-19(18)32-23(22)24(30)28(25)13-17-9-6-12-31-17/h3-12H,13-14H2,1-2H3,(H,26,29). The van der Waals surface area contributed by atoms with E-state index in [1.165, 1.54) is 16.3 Å². The highest BCUT2D eigenvalue weighted by atomic mass is 32.2. The van der Waals surface area contributed by atoms with Gasteiger partial charge in [0.2, 0.25) is 11.5 Å². The highest BCUT2D eigenvalue weighted by Gasteiger charge is 2.19. The number of hydrogen-bond donors (Lipinski definition) is 1. The molecule has 0 spiro atoms. The number of aromatic nitrogens is 2. The van der Waals surface area contributed by atoms with Crippen LogP contribution in [-0.4, -0.2) is 21.2 Å². The van der Waals surface area contributed by atoms with Crippen molar-refractivity contribution in [3.63, 3.8) is 0 Å². The third kappa shape index (κ3) is 4.05. The molecule has 7 nitrogen and oxygen atoms in total. The van der Waals surface area contributed by atoms with Gasteiger partial charge < -0.3 is 14.2 Å². The van der Waals surface area contributed by atoms with Crippen LogP contribution in [0.4, 0.5) is 5.69 Å². The van der Waals surface area contributed by atoms with Gasteiger partial charge in [0.15, 0.2) is 5.16 Å². The summed E-state index contributed by atoms with van der Waals surface area (Å²) >= 11 is 1.21. The SMILES string of the molecule is Cc1cccc(C)c1NC(=O)CSc1nc2c(oc3ccccc32)c(=O)n1Cc1ccco1. The van der Waals surface area contributed by atoms with Gasteiger partial charge in [0.1, 0.15) is 16.9 Å². The number of hydrogen-bond acceptors (Lipinski definition) is 6. The average Bonchev–Trinajstić information content (AvgIpc) is 3.45. The fourth-order valence-electron chi connectivity index (χ4n) is 3.78. The second kappa shape index (κ2) is 8.63. The Bertz CT molecular complexity index is 1510. The molecule has 3 aromatic heterocycles. The van der Waals surface area contributed by atoms with Crippen LogP contribution in [0.3, 0.4) is 0 Å². The summed E-state index contributed by atoms with van der Waals surface area (Å²) in [6.07, 6.45) is 1.55. The number of carbonyl (C=O) groups excluding carboxylic acids is 1. The Balaban J connectivity index is 1.50. The molecule has 1 N–H and O–H groups in total. The summed E-state index contributed by atoms with van der Waals surface area (Å²) in [5, 5.41) is 4.16. The normalized spacial score (nSPS) is 11.3. The van der Waals surface area contributed by atoms with Gasteiger partial charge in [-0.15, -0.1) is 0 Å². The molecule has 0 radical (unpaired) electrons. The van der Waals surface area contributed by atoms with Gasteiger partial charge in [0.05, 0.1) is 18.6 Å².